The molecule has 0 spiro atoms. The van der Waals surface area contributed by atoms with Crippen LogP contribution in [0, 0.1) is 6.92 Å². The van der Waals surface area contributed by atoms with E-state index >= 15 is 0 Å². The van der Waals surface area contributed by atoms with Crippen molar-refractivity contribution in [3.05, 3.63) is 29.3 Å². The van der Waals surface area contributed by atoms with Gasteiger partial charge < -0.3 is 10.4 Å². The maximum Gasteiger partial charge on any atom is 0.326 e. The molecule has 0 saturated heterocycles. The molecule has 0 aromatic heterocycles. The Kier molecular flexibility index (Phi) is 1.72. The molecular formula is C10H11NO2. The largest absolute Gasteiger partial charge is 0.480 e. The second-order valence-electron chi connectivity index (χ2n) is 3.40. The van der Waals surface area contributed by atoms with E-state index in [1.54, 1.807) is 0 Å². The number of nitrogens with one attached hydrogen (secondary N) is 1. The Balaban J connectivity index is 2.30. The average Bonchev–Trinajstić information content (AvgIpc) is 2.46. The van der Waals surface area contributed by atoms with Crippen LogP contribution in [0.4, 0.5) is 5.69 Å². The Morgan fingerprint density at radius 1 is 1.62 bits per heavy atom. The van der Waals surface area contributed by atoms with Crippen LogP contribution in [0.25, 0.3) is 0 Å². The summed E-state index contributed by atoms with van der Waals surface area (Å²) < 4.78 is 0. The van der Waals surface area contributed by atoms with E-state index in [0.717, 1.165) is 11.3 Å². The summed E-state index contributed by atoms with van der Waals surface area (Å²) in [5, 5.41) is 11.8. The van der Waals surface area contributed by atoms with Crippen molar-refractivity contribution >= 4 is 11.7 Å². The predicted molar refractivity (Wildman–Crippen MR) is 49.9 cm³/mol. The highest BCUT2D eigenvalue weighted by atomic mass is 16.4. The zero-order valence-electron chi connectivity index (χ0n) is 7.37. The Morgan fingerprint density at radius 3 is 3.08 bits per heavy atom. The number of aryl methyl sites for hydroxylation is 1. The molecule has 68 valence electrons. The Bertz CT molecular complexity index is 360. The van der Waals surface area contributed by atoms with Gasteiger partial charge in [0.1, 0.15) is 6.04 Å². The fraction of sp³-hybridized carbons (Fsp3) is 0.300. The number of anilines is 1. The zero-order chi connectivity index (χ0) is 9.42. The van der Waals surface area contributed by atoms with Crippen molar-refractivity contribution in [1.29, 1.82) is 0 Å². The first-order chi connectivity index (χ1) is 6.16. The molecule has 13 heavy (non-hydrogen) atoms. The normalized spacial score (nSPS) is 19.3. The molecular weight excluding hydrogens is 166 g/mol. The van der Waals surface area contributed by atoms with Gasteiger partial charge in [-0.1, -0.05) is 17.7 Å². The summed E-state index contributed by atoms with van der Waals surface area (Å²) in [5.74, 6) is -0.783. The third-order valence-corrected chi connectivity index (χ3v) is 2.31. The number of hydrogen-bond acceptors (Lipinski definition) is 2. The van der Waals surface area contributed by atoms with Gasteiger partial charge in [0.05, 0.1) is 0 Å². The van der Waals surface area contributed by atoms with E-state index in [1.165, 1.54) is 5.56 Å². The summed E-state index contributed by atoms with van der Waals surface area (Å²) in [7, 11) is 0. The van der Waals surface area contributed by atoms with Gasteiger partial charge >= 0.3 is 5.97 Å². The molecule has 1 heterocycles. The van der Waals surface area contributed by atoms with E-state index in [1.807, 2.05) is 25.1 Å². The van der Waals surface area contributed by atoms with Gasteiger partial charge in [0.15, 0.2) is 0 Å². The molecule has 1 aliphatic heterocycles. The first kappa shape index (κ1) is 8.10. The van der Waals surface area contributed by atoms with Crippen LogP contribution in [0.5, 0.6) is 0 Å². The maximum absolute atomic E-state index is 10.7. The fourth-order valence-corrected chi connectivity index (χ4v) is 1.64. The van der Waals surface area contributed by atoms with Crippen molar-refractivity contribution in [2.75, 3.05) is 5.32 Å². The molecule has 0 fully saturated rings. The first-order valence-electron chi connectivity index (χ1n) is 4.25. The van der Waals surface area contributed by atoms with Gasteiger partial charge in [-0.05, 0) is 18.6 Å². The van der Waals surface area contributed by atoms with Crippen LogP contribution in [-0.2, 0) is 11.2 Å². The zero-order valence-corrected chi connectivity index (χ0v) is 7.37. The summed E-state index contributed by atoms with van der Waals surface area (Å²) in [4.78, 5) is 10.7. The average molecular weight is 177 g/mol. The molecule has 0 aliphatic carbocycles. The van der Waals surface area contributed by atoms with E-state index < -0.39 is 12.0 Å². The second kappa shape index (κ2) is 2.76. The lowest BCUT2D eigenvalue weighted by atomic mass is 10.1. The van der Waals surface area contributed by atoms with E-state index in [9.17, 15) is 4.79 Å². The van der Waals surface area contributed by atoms with Crippen LogP contribution in [0.15, 0.2) is 18.2 Å². The molecule has 0 amide bonds. The third kappa shape index (κ3) is 1.37. The molecule has 2 rings (SSSR count). The lowest BCUT2D eigenvalue weighted by Crippen LogP contribution is -2.26. The van der Waals surface area contributed by atoms with Crippen molar-refractivity contribution in [3.8, 4) is 0 Å². The van der Waals surface area contributed by atoms with Gasteiger partial charge in [-0.2, -0.15) is 0 Å². The van der Waals surface area contributed by atoms with Crippen molar-refractivity contribution in [2.24, 2.45) is 0 Å². The summed E-state index contributed by atoms with van der Waals surface area (Å²) in [5.41, 5.74) is 3.23. The summed E-state index contributed by atoms with van der Waals surface area (Å²) >= 11 is 0. The molecule has 1 aromatic carbocycles. The van der Waals surface area contributed by atoms with Gasteiger partial charge in [0.2, 0.25) is 0 Å². The van der Waals surface area contributed by atoms with Crippen molar-refractivity contribution in [1.82, 2.24) is 0 Å². The molecule has 0 saturated carbocycles. The van der Waals surface area contributed by atoms with Gasteiger partial charge in [-0.15, -0.1) is 0 Å². The number of aliphatic carboxylic acids is 1. The van der Waals surface area contributed by atoms with E-state index in [-0.39, 0.29) is 0 Å². The highest BCUT2D eigenvalue weighted by molar-refractivity contribution is 5.81. The quantitative estimate of drug-likeness (QED) is 0.682. The van der Waals surface area contributed by atoms with Crippen LogP contribution in [0.1, 0.15) is 11.1 Å². The molecule has 1 atom stereocenters. The van der Waals surface area contributed by atoms with Crippen LogP contribution in [-0.4, -0.2) is 17.1 Å². The number of fused-ring (bicyclic) bond motifs is 1. The van der Waals surface area contributed by atoms with E-state index in [2.05, 4.69) is 5.32 Å². The summed E-state index contributed by atoms with van der Waals surface area (Å²) in [6, 6.07) is 5.51. The lowest BCUT2D eigenvalue weighted by Gasteiger charge is -2.03. The van der Waals surface area contributed by atoms with Crippen molar-refractivity contribution in [3.63, 3.8) is 0 Å². The molecule has 2 N–H and O–H groups in total. The highest BCUT2D eigenvalue weighted by Crippen LogP contribution is 2.26. The molecule has 1 aromatic rings. The predicted octanol–water partition coefficient (Wildman–Crippen LogP) is 1.42. The van der Waals surface area contributed by atoms with Crippen LogP contribution in [0.2, 0.25) is 0 Å². The number of hydrogen-bond donors (Lipinski definition) is 2. The maximum atomic E-state index is 10.7. The fourth-order valence-electron chi connectivity index (χ4n) is 1.64. The van der Waals surface area contributed by atoms with Gasteiger partial charge in [0, 0.05) is 12.1 Å². The smallest absolute Gasteiger partial charge is 0.326 e. The third-order valence-electron chi connectivity index (χ3n) is 2.31. The minimum Gasteiger partial charge on any atom is -0.480 e. The molecule has 1 aliphatic rings. The topological polar surface area (TPSA) is 49.3 Å². The Morgan fingerprint density at radius 2 is 2.38 bits per heavy atom. The van der Waals surface area contributed by atoms with Crippen molar-refractivity contribution < 1.29 is 9.90 Å². The number of carboxylic acid groups (broad SMARTS) is 1. The molecule has 0 radical (unpaired) electrons. The van der Waals surface area contributed by atoms with E-state index in [4.69, 9.17) is 5.11 Å². The number of carboxylic acids is 1. The van der Waals surface area contributed by atoms with Gasteiger partial charge in [-0.3, -0.25) is 0 Å². The Labute approximate surface area is 76.4 Å². The minimum atomic E-state index is -0.783. The second-order valence-corrected chi connectivity index (χ2v) is 3.40. The summed E-state index contributed by atoms with van der Waals surface area (Å²) in [6.45, 7) is 2.01. The first-order valence-corrected chi connectivity index (χ1v) is 4.25. The summed E-state index contributed by atoms with van der Waals surface area (Å²) in [6.07, 6.45) is 0.590. The van der Waals surface area contributed by atoms with Crippen LogP contribution >= 0.6 is 0 Å². The Hall–Kier alpha value is -1.51. The monoisotopic (exact) mass is 177 g/mol. The van der Waals surface area contributed by atoms with Gasteiger partial charge in [-0.25, -0.2) is 4.79 Å². The molecule has 3 heteroatoms. The number of benzene rings is 1. The molecule has 0 unspecified atom stereocenters. The van der Waals surface area contributed by atoms with E-state index in [0.29, 0.717) is 6.42 Å². The molecule has 3 nitrogen and oxygen atoms in total. The van der Waals surface area contributed by atoms with Crippen LogP contribution < -0.4 is 5.32 Å². The molecule has 0 bridgehead atoms. The van der Waals surface area contributed by atoms with Crippen LogP contribution in [0.3, 0.4) is 0 Å². The number of rotatable bonds is 1. The SMILES string of the molecule is Cc1ccc2c(c1)C[C@@H](C(=O)O)N2. The van der Waals surface area contributed by atoms with Gasteiger partial charge in [0.25, 0.3) is 0 Å². The highest BCUT2D eigenvalue weighted by Gasteiger charge is 2.25. The number of carbonyl (C=O) groups is 1. The van der Waals surface area contributed by atoms with Crippen molar-refractivity contribution in [2.45, 2.75) is 19.4 Å². The minimum absolute atomic E-state index is 0.447. The standard InChI is InChI=1S/C10H11NO2/c1-6-2-3-8-7(4-6)5-9(11-8)10(12)13/h2-4,9,11H,5H2,1H3,(H,12,13)/t9-/m0/s1. The lowest BCUT2D eigenvalue weighted by molar-refractivity contribution is -0.137.